The Hall–Kier alpha value is -2.35. The summed E-state index contributed by atoms with van der Waals surface area (Å²) in [5, 5.41) is 6.91. The van der Waals surface area contributed by atoms with Gasteiger partial charge >= 0.3 is 0 Å². The van der Waals surface area contributed by atoms with Crippen molar-refractivity contribution in [2.45, 2.75) is 39.3 Å². The topological polar surface area (TPSA) is 69.6 Å². The zero-order valence-electron chi connectivity index (χ0n) is 20.6. The van der Waals surface area contributed by atoms with E-state index in [-0.39, 0.29) is 29.3 Å². The van der Waals surface area contributed by atoms with Crippen molar-refractivity contribution in [2.24, 2.45) is 5.41 Å². The Morgan fingerprint density at radius 2 is 1.91 bits per heavy atom. The highest BCUT2D eigenvalue weighted by atomic mass is 35.5. The molecule has 0 spiro atoms. The van der Waals surface area contributed by atoms with Crippen LogP contribution in [0.4, 0.5) is 0 Å². The lowest BCUT2D eigenvalue weighted by Crippen LogP contribution is -2.54. The number of fused-ring (bicyclic) bond motifs is 1. The van der Waals surface area contributed by atoms with E-state index in [2.05, 4.69) is 48.3 Å². The Labute approximate surface area is 207 Å². The first kappa shape index (κ1) is 24.8. The average Bonchev–Trinajstić information content (AvgIpc) is 3.23. The molecule has 2 aliphatic rings. The van der Waals surface area contributed by atoms with Crippen LogP contribution in [0, 0.1) is 5.41 Å². The van der Waals surface area contributed by atoms with Crippen LogP contribution in [0.25, 0.3) is 11.1 Å². The maximum Gasteiger partial charge on any atom is 0.268 e. The third-order valence-corrected chi connectivity index (χ3v) is 7.20. The molecule has 1 saturated heterocycles. The third-order valence-electron chi connectivity index (χ3n) is 6.97. The second-order valence-corrected chi connectivity index (χ2v) is 11.1. The number of nitrogens with one attached hydrogen (secondary N) is 2. The van der Waals surface area contributed by atoms with Crippen molar-refractivity contribution < 1.29 is 9.59 Å². The molecule has 2 aliphatic heterocycles. The van der Waals surface area contributed by atoms with Crippen LogP contribution in [-0.2, 0) is 4.79 Å². The smallest absolute Gasteiger partial charge is 0.268 e. The number of amides is 2. The highest BCUT2D eigenvalue weighted by Crippen LogP contribution is 2.30. The number of rotatable bonds is 6. The fraction of sp³-hybridized carbons (Fsp3) is 0.538. The Balaban J connectivity index is 1.46. The minimum absolute atomic E-state index is 0.0131. The molecule has 4 rings (SSSR count). The summed E-state index contributed by atoms with van der Waals surface area (Å²) in [7, 11) is 2.15. The molecular formula is C26H36ClN5O2. The van der Waals surface area contributed by atoms with Gasteiger partial charge in [-0.3, -0.25) is 14.5 Å². The number of carbonyl (C=O) groups is 2. The lowest BCUT2D eigenvalue weighted by atomic mass is 9.86. The van der Waals surface area contributed by atoms with E-state index in [4.69, 9.17) is 11.6 Å². The molecule has 0 saturated carbocycles. The fourth-order valence-corrected chi connectivity index (χ4v) is 4.84. The average molecular weight is 486 g/mol. The molecule has 2 N–H and O–H groups in total. The predicted octanol–water partition coefficient (Wildman–Crippen LogP) is 3.26. The summed E-state index contributed by atoms with van der Waals surface area (Å²) in [6.45, 7) is 12.0. The first-order chi connectivity index (χ1) is 16.1. The molecule has 2 atom stereocenters. The molecule has 184 valence electrons. The Morgan fingerprint density at radius 3 is 2.59 bits per heavy atom. The lowest BCUT2D eigenvalue weighted by molar-refractivity contribution is -0.123. The van der Waals surface area contributed by atoms with E-state index >= 15 is 0 Å². The van der Waals surface area contributed by atoms with Crippen LogP contribution in [-0.4, -0.2) is 78.5 Å². The molecule has 0 radical (unpaired) electrons. The van der Waals surface area contributed by atoms with Crippen LogP contribution in [0.2, 0.25) is 5.02 Å². The molecule has 2 amide bonds. The normalized spacial score (nSPS) is 20.5. The molecule has 1 aromatic heterocycles. The number of hydrogen-bond donors (Lipinski definition) is 2. The van der Waals surface area contributed by atoms with Crippen LogP contribution in [0.5, 0.6) is 0 Å². The van der Waals surface area contributed by atoms with Gasteiger partial charge in [0.1, 0.15) is 5.69 Å². The number of aromatic nitrogens is 1. The van der Waals surface area contributed by atoms with E-state index in [1.54, 1.807) is 0 Å². The molecule has 34 heavy (non-hydrogen) atoms. The molecule has 0 aliphatic carbocycles. The van der Waals surface area contributed by atoms with E-state index in [1.807, 2.05) is 41.1 Å². The van der Waals surface area contributed by atoms with Crippen LogP contribution in [0.3, 0.4) is 0 Å². The SMILES string of the molecule is CN1CCN(C[C@@H](NC(=O)C[C@H]2CNC(=O)c3cc(-c4cccc(Cl)c4)cn32)C(C)(C)C)CC1. The Morgan fingerprint density at radius 1 is 1.18 bits per heavy atom. The number of halogens is 1. The number of hydrogen-bond acceptors (Lipinski definition) is 4. The van der Waals surface area contributed by atoms with Gasteiger partial charge in [0.15, 0.2) is 0 Å². The minimum Gasteiger partial charge on any atom is -0.351 e. The summed E-state index contributed by atoms with van der Waals surface area (Å²) >= 11 is 6.16. The monoisotopic (exact) mass is 485 g/mol. The molecule has 2 aromatic rings. The molecule has 3 heterocycles. The standard InChI is InChI=1S/C26H36ClN5O2/c1-26(2,3)23(17-31-10-8-30(4)9-11-31)29-24(33)14-21-15-28-25(34)22-13-19(16-32(21)22)18-6-5-7-20(27)12-18/h5-7,12-13,16,21,23H,8-11,14-15,17H2,1-4H3,(H,28,34)(H,29,33)/t21-,23+/m0/s1. The van der Waals surface area contributed by atoms with Gasteiger partial charge in [-0.2, -0.15) is 0 Å². The fourth-order valence-electron chi connectivity index (χ4n) is 4.65. The Kier molecular flexibility index (Phi) is 7.36. The summed E-state index contributed by atoms with van der Waals surface area (Å²) in [5.74, 6) is -0.105. The highest BCUT2D eigenvalue weighted by Gasteiger charge is 2.32. The number of benzene rings is 1. The number of carbonyl (C=O) groups excluding carboxylic acids is 2. The van der Waals surface area contributed by atoms with Gasteiger partial charge in [0.25, 0.3) is 5.91 Å². The highest BCUT2D eigenvalue weighted by molar-refractivity contribution is 6.30. The number of piperazine rings is 1. The van der Waals surface area contributed by atoms with Crippen molar-refractivity contribution in [1.29, 1.82) is 0 Å². The van der Waals surface area contributed by atoms with E-state index in [9.17, 15) is 9.59 Å². The molecule has 0 bridgehead atoms. The van der Waals surface area contributed by atoms with E-state index in [0.29, 0.717) is 23.7 Å². The van der Waals surface area contributed by atoms with Crippen molar-refractivity contribution in [3.63, 3.8) is 0 Å². The van der Waals surface area contributed by atoms with Crippen molar-refractivity contribution in [2.75, 3.05) is 46.3 Å². The molecular weight excluding hydrogens is 450 g/mol. The van der Waals surface area contributed by atoms with Gasteiger partial charge in [0.2, 0.25) is 5.91 Å². The van der Waals surface area contributed by atoms with Gasteiger partial charge in [-0.25, -0.2) is 0 Å². The zero-order valence-corrected chi connectivity index (χ0v) is 21.4. The lowest BCUT2D eigenvalue weighted by Gasteiger charge is -2.39. The van der Waals surface area contributed by atoms with Gasteiger partial charge in [0.05, 0.1) is 6.04 Å². The third kappa shape index (κ3) is 5.82. The minimum atomic E-state index is -0.134. The van der Waals surface area contributed by atoms with Crippen molar-refractivity contribution in [3.05, 3.63) is 47.2 Å². The van der Waals surface area contributed by atoms with E-state index in [1.165, 1.54) is 0 Å². The van der Waals surface area contributed by atoms with Gasteiger partial charge in [0, 0.05) is 68.5 Å². The first-order valence-corrected chi connectivity index (χ1v) is 12.4. The van der Waals surface area contributed by atoms with E-state index in [0.717, 1.165) is 43.9 Å². The number of nitrogens with zero attached hydrogens (tertiary/aromatic N) is 3. The second kappa shape index (κ2) is 10.1. The summed E-state index contributed by atoms with van der Waals surface area (Å²) in [5.41, 5.74) is 2.38. The van der Waals surface area contributed by atoms with Crippen molar-refractivity contribution in [3.8, 4) is 11.1 Å². The molecule has 7 nitrogen and oxygen atoms in total. The number of likely N-dealkylation sites (N-methyl/N-ethyl adjacent to an activating group) is 1. The predicted molar refractivity (Wildman–Crippen MR) is 136 cm³/mol. The quantitative estimate of drug-likeness (QED) is 0.659. The first-order valence-electron chi connectivity index (χ1n) is 12.1. The van der Waals surface area contributed by atoms with Gasteiger partial charge in [-0.05, 0) is 36.2 Å². The van der Waals surface area contributed by atoms with Crippen LogP contribution < -0.4 is 10.6 Å². The Bertz CT molecular complexity index is 1040. The molecule has 1 fully saturated rings. The molecule has 1 aromatic carbocycles. The van der Waals surface area contributed by atoms with Crippen molar-refractivity contribution >= 4 is 23.4 Å². The second-order valence-electron chi connectivity index (χ2n) is 10.7. The maximum atomic E-state index is 13.2. The largest absolute Gasteiger partial charge is 0.351 e. The summed E-state index contributed by atoms with van der Waals surface area (Å²) < 4.78 is 1.95. The van der Waals surface area contributed by atoms with Crippen molar-refractivity contribution in [1.82, 2.24) is 25.0 Å². The van der Waals surface area contributed by atoms with Gasteiger partial charge < -0.3 is 20.1 Å². The summed E-state index contributed by atoms with van der Waals surface area (Å²) in [6.07, 6.45) is 2.27. The van der Waals surface area contributed by atoms with Crippen LogP contribution >= 0.6 is 11.6 Å². The van der Waals surface area contributed by atoms with Crippen LogP contribution in [0.15, 0.2) is 36.5 Å². The zero-order chi connectivity index (χ0) is 24.5. The molecule has 0 unspecified atom stereocenters. The van der Waals surface area contributed by atoms with Crippen LogP contribution in [0.1, 0.15) is 43.7 Å². The summed E-state index contributed by atoms with van der Waals surface area (Å²) in [4.78, 5) is 30.5. The van der Waals surface area contributed by atoms with Gasteiger partial charge in [-0.15, -0.1) is 0 Å². The molecule has 8 heteroatoms. The van der Waals surface area contributed by atoms with E-state index < -0.39 is 0 Å². The van der Waals surface area contributed by atoms with Gasteiger partial charge in [-0.1, -0.05) is 44.5 Å². The maximum absolute atomic E-state index is 13.2. The summed E-state index contributed by atoms with van der Waals surface area (Å²) in [6, 6.07) is 9.36.